The summed E-state index contributed by atoms with van der Waals surface area (Å²) in [7, 11) is -3.38. The molecule has 0 N–H and O–H groups in total. The van der Waals surface area contributed by atoms with Gasteiger partial charge in [0.1, 0.15) is 0 Å². The summed E-state index contributed by atoms with van der Waals surface area (Å²) in [6.07, 6.45) is 1.75. The van der Waals surface area contributed by atoms with Gasteiger partial charge in [-0.05, 0) is 30.7 Å². The molecule has 0 bridgehead atoms. The Hall–Kier alpha value is -1.59. The molecule has 0 saturated carbocycles. The van der Waals surface area contributed by atoms with E-state index in [1.165, 1.54) is 0 Å². The molecular formula is C17H16BrNO2S. The van der Waals surface area contributed by atoms with Crippen LogP contribution in [-0.4, -0.2) is 13.0 Å². The lowest BCUT2D eigenvalue weighted by Crippen LogP contribution is -2.04. The Morgan fingerprint density at radius 3 is 2.41 bits per heavy atom. The van der Waals surface area contributed by atoms with Crippen molar-refractivity contribution in [2.45, 2.75) is 24.1 Å². The third-order valence-electron chi connectivity index (χ3n) is 3.70. The predicted octanol–water partition coefficient (Wildman–Crippen LogP) is 4.40. The summed E-state index contributed by atoms with van der Waals surface area (Å²) >= 11 is 3.36. The van der Waals surface area contributed by atoms with Crippen LogP contribution >= 0.6 is 15.9 Å². The zero-order valence-corrected chi connectivity index (χ0v) is 14.6. The summed E-state index contributed by atoms with van der Waals surface area (Å²) < 4.78 is 28.5. The fourth-order valence-corrected chi connectivity index (χ4v) is 4.45. The van der Waals surface area contributed by atoms with Gasteiger partial charge < -0.3 is 4.57 Å². The normalized spacial score (nSPS) is 11.9. The third kappa shape index (κ3) is 2.83. The summed E-state index contributed by atoms with van der Waals surface area (Å²) in [5, 5.41) is 0.793. The lowest BCUT2D eigenvalue weighted by atomic mass is 10.2. The van der Waals surface area contributed by atoms with Crippen LogP contribution in [0.1, 0.15) is 12.5 Å². The molecule has 1 aromatic heterocycles. The molecule has 1 heterocycles. The first-order valence-corrected chi connectivity index (χ1v) is 9.51. The minimum atomic E-state index is -3.38. The number of hydrogen-bond acceptors (Lipinski definition) is 2. The molecule has 114 valence electrons. The molecule has 0 atom stereocenters. The van der Waals surface area contributed by atoms with Crippen molar-refractivity contribution in [3.8, 4) is 0 Å². The maximum Gasteiger partial charge on any atom is 0.184 e. The highest BCUT2D eigenvalue weighted by molar-refractivity contribution is 9.10. The molecule has 0 aliphatic heterocycles. The van der Waals surface area contributed by atoms with Gasteiger partial charge in [-0.25, -0.2) is 8.42 Å². The average molecular weight is 378 g/mol. The number of hydrogen-bond donors (Lipinski definition) is 0. The number of benzene rings is 2. The fourth-order valence-electron chi connectivity index (χ4n) is 2.60. The summed E-state index contributed by atoms with van der Waals surface area (Å²) in [6, 6.07) is 15.0. The molecule has 0 saturated heterocycles. The van der Waals surface area contributed by atoms with E-state index >= 15 is 0 Å². The number of aryl methyl sites for hydroxylation is 1. The van der Waals surface area contributed by atoms with Crippen LogP contribution in [-0.2, 0) is 22.1 Å². The quantitative estimate of drug-likeness (QED) is 0.675. The largest absolute Gasteiger partial charge is 0.346 e. The first kappa shape index (κ1) is 15.3. The Morgan fingerprint density at radius 1 is 1.05 bits per heavy atom. The molecule has 0 amide bonds. The van der Waals surface area contributed by atoms with Gasteiger partial charge in [-0.3, -0.25) is 0 Å². The summed E-state index contributed by atoms with van der Waals surface area (Å²) in [4.78, 5) is 0.410. The van der Waals surface area contributed by atoms with Crippen molar-refractivity contribution in [3.63, 3.8) is 0 Å². The monoisotopic (exact) mass is 377 g/mol. The predicted molar refractivity (Wildman–Crippen MR) is 92.6 cm³/mol. The van der Waals surface area contributed by atoms with E-state index in [1.54, 1.807) is 6.20 Å². The Kier molecular flexibility index (Phi) is 4.10. The molecule has 0 radical (unpaired) electrons. The molecule has 0 spiro atoms. The Morgan fingerprint density at radius 2 is 1.73 bits per heavy atom. The first-order valence-electron chi connectivity index (χ1n) is 7.06. The summed E-state index contributed by atoms with van der Waals surface area (Å²) in [5.41, 5.74) is 1.75. The van der Waals surface area contributed by atoms with Crippen molar-refractivity contribution in [1.82, 2.24) is 4.57 Å². The van der Waals surface area contributed by atoms with Crippen LogP contribution in [0, 0.1) is 0 Å². The first-order chi connectivity index (χ1) is 10.5. The highest BCUT2D eigenvalue weighted by Gasteiger charge is 2.21. The van der Waals surface area contributed by atoms with E-state index in [-0.39, 0.29) is 5.75 Å². The molecule has 0 fully saturated rings. The number of sulfone groups is 1. The van der Waals surface area contributed by atoms with Crippen LogP contribution in [0.4, 0.5) is 0 Å². The molecule has 3 rings (SSSR count). The van der Waals surface area contributed by atoms with Crippen molar-refractivity contribution in [2.75, 3.05) is 0 Å². The minimum absolute atomic E-state index is 0.0119. The molecule has 5 heteroatoms. The van der Waals surface area contributed by atoms with Crippen LogP contribution in [0.25, 0.3) is 10.9 Å². The van der Waals surface area contributed by atoms with Crippen molar-refractivity contribution in [2.24, 2.45) is 0 Å². The average Bonchev–Trinajstić information content (AvgIpc) is 2.89. The standard InChI is InChI=1S/C17H16BrNO2S/c1-2-19-11-17(15-5-3-4-6-16(15)19)22(20,21)12-13-7-9-14(18)10-8-13/h3-11H,2,12H2,1H3. The van der Waals surface area contributed by atoms with Gasteiger partial charge in [0, 0.05) is 28.1 Å². The minimum Gasteiger partial charge on any atom is -0.346 e. The lowest BCUT2D eigenvalue weighted by molar-refractivity contribution is 0.595. The zero-order valence-electron chi connectivity index (χ0n) is 12.2. The molecule has 0 aliphatic carbocycles. The number of rotatable bonds is 4. The summed E-state index contributed by atoms with van der Waals surface area (Å²) in [5.74, 6) is 0.0119. The summed E-state index contributed by atoms with van der Waals surface area (Å²) in [6.45, 7) is 2.76. The molecule has 0 unspecified atom stereocenters. The van der Waals surface area contributed by atoms with Crippen LogP contribution in [0.15, 0.2) is 64.1 Å². The number of fused-ring (bicyclic) bond motifs is 1. The van der Waals surface area contributed by atoms with E-state index in [9.17, 15) is 8.42 Å². The topological polar surface area (TPSA) is 39.1 Å². The van der Waals surface area contributed by atoms with Gasteiger partial charge in [0.2, 0.25) is 0 Å². The van der Waals surface area contributed by atoms with E-state index in [0.717, 1.165) is 27.5 Å². The molecule has 3 nitrogen and oxygen atoms in total. The van der Waals surface area contributed by atoms with Crippen molar-refractivity contribution in [3.05, 3.63) is 64.8 Å². The van der Waals surface area contributed by atoms with E-state index in [2.05, 4.69) is 15.9 Å². The second-order valence-corrected chi connectivity index (χ2v) is 8.06. The van der Waals surface area contributed by atoms with Gasteiger partial charge >= 0.3 is 0 Å². The van der Waals surface area contributed by atoms with Gasteiger partial charge in [-0.2, -0.15) is 0 Å². The van der Waals surface area contributed by atoms with Crippen LogP contribution in [0.3, 0.4) is 0 Å². The van der Waals surface area contributed by atoms with Gasteiger partial charge in [0.15, 0.2) is 9.84 Å². The van der Waals surface area contributed by atoms with Crippen molar-refractivity contribution >= 4 is 36.7 Å². The van der Waals surface area contributed by atoms with Gasteiger partial charge in [0.05, 0.1) is 10.6 Å². The third-order valence-corrected chi connectivity index (χ3v) is 5.94. The van der Waals surface area contributed by atoms with E-state index in [1.807, 2.05) is 60.0 Å². The van der Waals surface area contributed by atoms with Gasteiger partial charge in [-0.15, -0.1) is 0 Å². The second kappa shape index (κ2) is 5.89. The fraction of sp³-hybridized carbons (Fsp3) is 0.176. The van der Waals surface area contributed by atoms with E-state index in [4.69, 9.17) is 0 Å². The molecule has 0 aliphatic rings. The number of para-hydroxylation sites is 1. The molecule has 2 aromatic carbocycles. The van der Waals surface area contributed by atoms with E-state index in [0.29, 0.717) is 4.90 Å². The Balaban J connectivity index is 2.07. The van der Waals surface area contributed by atoms with E-state index < -0.39 is 9.84 Å². The number of halogens is 1. The van der Waals surface area contributed by atoms with Crippen LogP contribution in [0.2, 0.25) is 0 Å². The van der Waals surface area contributed by atoms with Gasteiger partial charge in [-0.1, -0.05) is 46.3 Å². The lowest BCUT2D eigenvalue weighted by Gasteiger charge is -2.04. The molecular weight excluding hydrogens is 362 g/mol. The highest BCUT2D eigenvalue weighted by Crippen LogP contribution is 2.28. The maximum absolute atomic E-state index is 12.8. The Labute approximate surface area is 138 Å². The molecule has 22 heavy (non-hydrogen) atoms. The number of aromatic nitrogens is 1. The second-order valence-electron chi connectivity index (χ2n) is 5.18. The molecule has 3 aromatic rings. The van der Waals surface area contributed by atoms with Crippen molar-refractivity contribution < 1.29 is 8.42 Å². The highest BCUT2D eigenvalue weighted by atomic mass is 79.9. The smallest absolute Gasteiger partial charge is 0.184 e. The number of nitrogens with zero attached hydrogens (tertiary/aromatic N) is 1. The SMILES string of the molecule is CCn1cc(S(=O)(=O)Cc2ccc(Br)cc2)c2ccccc21. The Bertz CT molecular complexity index is 911. The van der Waals surface area contributed by atoms with Crippen molar-refractivity contribution in [1.29, 1.82) is 0 Å². The van der Waals surface area contributed by atoms with Gasteiger partial charge in [0.25, 0.3) is 0 Å². The van der Waals surface area contributed by atoms with Crippen LogP contribution < -0.4 is 0 Å². The van der Waals surface area contributed by atoms with Crippen LogP contribution in [0.5, 0.6) is 0 Å². The maximum atomic E-state index is 12.8. The zero-order chi connectivity index (χ0) is 15.7.